The Balaban J connectivity index is 1.53. The third-order valence-corrected chi connectivity index (χ3v) is 8.30. The van der Waals surface area contributed by atoms with Gasteiger partial charge in [-0.2, -0.15) is 5.10 Å². The first kappa shape index (κ1) is 27.7. The first-order valence-corrected chi connectivity index (χ1v) is 14.3. The number of thiophene rings is 1. The number of rotatable bonds is 10. The molecule has 2 atom stereocenters. The molecule has 0 bridgehead atoms. The molecule has 1 fully saturated rings. The molecule has 4 aromatic rings. The van der Waals surface area contributed by atoms with Crippen LogP contribution in [0.4, 0.5) is 5.82 Å². The molecule has 2 amide bonds. The zero-order valence-electron chi connectivity index (χ0n) is 23.1. The summed E-state index contributed by atoms with van der Waals surface area (Å²) in [7, 11) is 1.31. The van der Waals surface area contributed by atoms with Crippen LogP contribution < -0.4 is 10.2 Å². The summed E-state index contributed by atoms with van der Waals surface area (Å²) in [5.41, 5.74) is 3.07. The van der Waals surface area contributed by atoms with Crippen molar-refractivity contribution in [1.82, 2.24) is 34.9 Å². The van der Waals surface area contributed by atoms with E-state index in [9.17, 15) is 14.8 Å². The van der Waals surface area contributed by atoms with Crippen molar-refractivity contribution in [2.75, 3.05) is 38.1 Å². The number of nitrogens with one attached hydrogen (secondary N) is 1. The molecule has 5 rings (SSSR count). The Hall–Kier alpha value is -3.87. The van der Waals surface area contributed by atoms with Crippen LogP contribution in [0, 0.1) is 0 Å². The van der Waals surface area contributed by atoms with Crippen molar-refractivity contribution in [3.05, 3.63) is 53.7 Å². The van der Waals surface area contributed by atoms with Gasteiger partial charge in [-0.3, -0.25) is 19.7 Å². The highest BCUT2D eigenvalue weighted by molar-refractivity contribution is 7.13. The third-order valence-electron chi connectivity index (χ3n) is 7.40. The lowest BCUT2D eigenvalue weighted by molar-refractivity contribution is -0.162. The second-order valence-electron chi connectivity index (χ2n) is 9.86. The first-order chi connectivity index (χ1) is 19.3. The number of hydroxylamine groups is 2. The summed E-state index contributed by atoms with van der Waals surface area (Å²) in [6.07, 6.45) is 4.13. The van der Waals surface area contributed by atoms with Crippen LogP contribution in [0.5, 0.6) is 0 Å². The number of fused-ring (bicyclic) bond motifs is 1. The molecule has 0 saturated carbocycles. The molecular weight excluding hydrogens is 528 g/mol. The molecule has 0 aromatic carbocycles. The Morgan fingerprint density at radius 2 is 2.00 bits per heavy atom. The van der Waals surface area contributed by atoms with Crippen LogP contribution in [0.3, 0.4) is 0 Å². The van der Waals surface area contributed by atoms with Gasteiger partial charge in [0.2, 0.25) is 0 Å². The first-order valence-electron chi connectivity index (χ1n) is 13.5. The smallest absolute Gasteiger partial charge is 0.268 e. The van der Waals surface area contributed by atoms with Gasteiger partial charge >= 0.3 is 0 Å². The van der Waals surface area contributed by atoms with E-state index in [4.69, 9.17) is 9.97 Å². The van der Waals surface area contributed by atoms with Crippen LogP contribution in [-0.2, 0) is 4.79 Å². The van der Waals surface area contributed by atoms with Crippen LogP contribution >= 0.6 is 11.3 Å². The number of amides is 2. The Morgan fingerprint density at radius 1 is 1.20 bits per heavy atom. The van der Waals surface area contributed by atoms with Gasteiger partial charge in [-0.25, -0.2) is 19.5 Å². The van der Waals surface area contributed by atoms with Crippen LogP contribution in [-0.4, -0.2) is 91.9 Å². The van der Waals surface area contributed by atoms with Crippen molar-refractivity contribution >= 4 is 34.6 Å². The maximum atomic E-state index is 13.4. The minimum absolute atomic E-state index is 0.177. The standard InChI is InChI=1S/C28H34N8O3S/c1-5-34(6-2)18(3)16-29-27(37)19-14-22(31-25(15-19)35-11-10-23(35)28(38)33(4)39)20-17-30-36-12-9-21(32-26(20)36)24-8-7-13-40-24/h7-9,12-15,17-18,23,39H,5-6,10-11,16H2,1-4H3,(H,29,37)/t18?,23-/m0/s1. The van der Waals surface area contributed by atoms with Gasteiger partial charge in [-0.15, -0.1) is 11.3 Å². The van der Waals surface area contributed by atoms with E-state index in [0.29, 0.717) is 52.9 Å². The molecule has 1 unspecified atom stereocenters. The fourth-order valence-electron chi connectivity index (χ4n) is 5.00. The van der Waals surface area contributed by atoms with Gasteiger partial charge in [0.1, 0.15) is 11.9 Å². The fraction of sp³-hybridized carbons (Fsp3) is 0.393. The lowest BCUT2D eigenvalue weighted by Crippen LogP contribution is -2.56. The Kier molecular flexibility index (Phi) is 8.10. The quantitative estimate of drug-likeness (QED) is 0.223. The minimum atomic E-state index is -0.552. The number of aromatic nitrogens is 4. The predicted molar refractivity (Wildman–Crippen MR) is 155 cm³/mol. The molecule has 12 heteroatoms. The van der Waals surface area contributed by atoms with Crippen molar-refractivity contribution in [2.45, 2.75) is 39.3 Å². The van der Waals surface area contributed by atoms with Gasteiger partial charge in [0.05, 0.1) is 28.0 Å². The highest BCUT2D eigenvalue weighted by atomic mass is 32.1. The second-order valence-corrected chi connectivity index (χ2v) is 10.8. The highest BCUT2D eigenvalue weighted by Gasteiger charge is 2.37. The van der Waals surface area contributed by atoms with E-state index in [0.717, 1.165) is 23.7 Å². The van der Waals surface area contributed by atoms with E-state index in [2.05, 4.69) is 36.1 Å². The zero-order chi connectivity index (χ0) is 28.4. The molecule has 0 spiro atoms. The van der Waals surface area contributed by atoms with Crippen molar-refractivity contribution in [2.24, 2.45) is 0 Å². The van der Waals surface area contributed by atoms with E-state index < -0.39 is 11.9 Å². The molecule has 210 valence electrons. The minimum Gasteiger partial charge on any atom is -0.350 e. The van der Waals surface area contributed by atoms with E-state index in [-0.39, 0.29) is 11.9 Å². The molecule has 40 heavy (non-hydrogen) atoms. The molecule has 2 N–H and O–H groups in total. The number of nitrogens with zero attached hydrogens (tertiary/aromatic N) is 7. The summed E-state index contributed by atoms with van der Waals surface area (Å²) in [5.74, 6) is -0.161. The number of pyridine rings is 1. The lowest BCUT2D eigenvalue weighted by atomic mass is 10.0. The van der Waals surface area contributed by atoms with E-state index in [1.165, 1.54) is 7.05 Å². The summed E-state index contributed by atoms with van der Waals surface area (Å²) >= 11 is 1.60. The van der Waals surface area contributed by atoms with Crippen LogP contribution in [0.1, 0.15) is 37.6 Å². The fourth-order valence-corrected chi connectivity index (χ4v) is 5.69. The van der Waals surface area contributed by atoms with E-state index in [1.807, 2.05) is 34.7 Å². The Morgan fingerprint density at radius 3 is 2.65 bits per heavy atom. The van der Waals surface area contributed by atoms with Gasteiger partial charge in [0.15, 0.2) is 5.65 Å². The maximum absolute atomic E-state index is 13.4. The van der Waals surface area contributed by atoms with Crippen molar-refractivity contribution in [3.63, 3.8) is 0 Å². The largest absolute Gasteiger partial charge is 0.350 e. The molecule has 4 aromatic heterocycles. The summed E-state index contributed by atoms with van der Waals surface area (Å²) in [6.45, 7) is 9.17. The number of carbonyl (C=O) groups is 2. The third kappa shape index (κ3) is 5.42. The average Bonchev–Trinajstić information content (AvgIpc) is 3.61. The monoisotopic (exact) mass is 562 g/mol. The summed E-state index contributed by atoms with van der Waals surface area (Å²) in [4.78, 5) is 40.8. The highest BCUT2D eigenvalue weighted by Crippen LogP contribution is 2.32. The van der Waals surface area contributed by atoms with Crippen molar-refractivity contribution < 1.29 is 14.8 Å². The number of hydrogen-bond acceptors (Lipinski definition) is 9. The van der Waals surface area contributed by atoms with Crippen LogP contribution in [0.25, 0.3) is 27.5 Å². The maximum Gasteiger partial charge on any atom is 0.268 e. The summed E-state index contributed by atoms with van der Waals surface area (Å²) in [5, 5.41) is 19.9. The number of hydrogen-bond donors (Lipinski definition) is 2. The second kappa shape index (κ2) is 11.7. The SMILES string of the molecule is CCN(CC)C(C)CNC(=O)c1cc(-c2cnn3ccc(-c4cccs4)nc23)nc(N2CC[C@H]2C(=O)N(C)O)c1. The van der Waals surface area contributed by atoms with Crippen LogP contribution in [0.2, 0.25) is 0 Å². The van der Waals surface area contributed by atoms with E-state index in [1.54, 1.807) is 34.2 Å². The molecule has 5 heterocycles. The topological polar surface area (TPSA) is 119 Å². The molecule has 1 aliphatic heterocycles. The zero-order valence-corrected chi connectivity index (χ0v) is 23.9. The molecule has 0 aliphatic carbocycles. The number of carbonyl (C=O) groups excluding carboxylic acids is 2. The lowest BCUT2D eigenvalue weighted by Gasteiger charge is -2.41. The van der Waals surface area contributed by atoms with Gasteiger partial charge < -0.3 is 10.2 Å². The van der Waals surface area contributed by atoms with Gasteiger partial charge in [-0.05, 0) is 56.1 Å². The predicted octanol–water partition coefficient (Wildman–Crippen LogP) is 3.41. The van der Waals surface area contributed by atoms with Gasteiger partial charge in [-0.1, -0.05) is 19.9 Å². The number of likely N-dealkylation sites (N-methyl/N-ethyl adjacent to an activating group) is 2. The van der Waals surface area contributed by atoms with E-state index >= 15 is 0 Å². The Labute approximate surface area is 237 Å². The molecule has 1 saturated heterocycles. The molecule has 11 nitrogen and oxygen atoms in total. The van der Waals surface area contributed by atoms with Crippen molar-refractivity contribution in [3.8, 4) is 21.8 Å². The Bertz CT molecular complexity index is 1500. The molecule has 0 radical (unpaired) electrons. The summed E-state index contributed by atoms with van der Waals surface area (Å²) < 4.78 is 1.68. The van der Waals surface area contributed by atoms with Crippen LogP contribution in [0.15, 0.2) is 48.1 Å². The molecular formula is C28H34N8O3S. The van der Waals surface area contributed by atoms with Crippen molar-refractivity contribution in [1.29, 1.82) is 0 Å². The molecule has 1 aliphatic rings. The number of anilines is 1. The average molecular weight is 563 g/mol. The van der Waals surface area contributed by atoms with Gasteiger partial charge in [0.25, 0.3) is 11.8 Å². The normalized spacial score (nSPS) is 15.8. The van der Waals surface area contributed by atoms with Gasteiger partial charge in [0, 0.05) is 37.9 Å². The summed E-state index contributed by atoms with van der Waals surface area (Å²) in [6, 6.07) is 8.98.